The zero-order chi connectivity index (χ0) is 22.6. The number of rotatable bonds is 7. The molecule has 0 atom stereocenters. The lowest BCUT2D eigenvalue weighted by Crippen LogP contribution is -2.40. The van der Waals surface area contributed by atoms with E-state index in [1.165, 1.54) is 10.4 Å². The van der Waals surface area contributed by atoms with Crippen molar-refractivity contribution in [2.24, 2.45) is 0 Å². The Kier molecular flexibility index (Phi) is 6.98. The molecule has 2 aromatic rings. The fourth-order valence-corrected chi connectivity index (χ4v) is 5.50. The molecule has 0 aliphatic carbocycles. The van der Waals surface area contributed by atoms with E-state index in [2.05, 4.69) is 10.2 Å². The van der Waals surface area contributed by atoms with Crippen LogP contribution in [0.5, 0.6) is 5.75 Å². The lowest BCUT2D eigenvalue weighted by molar-refractivity contribution is 0.0730. The highest BCUT2D eigenvalue weighted by Gasteiger charge is 2.29. The van der Waals surface area contributed by atoms with Crippen LogP contribution in [0.1, 0.15) is 30.1 Å². The maximum absolute atomic E-state index is 13.4. The third-order valence-electron chi connectivity index (χ3n) is 5.70. The van der Waals surface area contributed by atoms with Crippen LogP contribution in [0.4, 0.5) is 11.4 Å². The quantitative estimate of drug-likeness (QED) is 0.685. The molecule has 0 unspecified atom stereocenters. The van der Waals surface area contributed by atoms with Gasteiger partial charge in [-0.05, 0) is 50.1 Å². The first-order valence-corrected chi connectivity index (χ1v) is 12.4. The molecule has 2 aliphatic rings. The lowest BCUT2D eigenvalue weighted by atomic mass is 10.1. The molecule has 2 aromatic carbocycles. The fourth-order valence-electron chi connectivity index (χ4n) is 4.07. The first-order chi connectivity index (χ1) is 15.5. The van der Waals surface area contributed by atoms with E-state index in [-0.39, 0.29) is 10.8 Å². The minimum atomic E-state index is -3.72. The Bertz CT molecular complexity index is 1060. The molecular formula is C23H29N3O5S. The summed E-state index contributed by atoms with van der Waals surface area (Å²) in [7, 11) is -3.72. The number of morpholine rings is 1. The van der Waals surface area contributed by atoms with E-state index in [1.54, 1.807) is 24.3 Å². The van der Waals surface area contributed by atoms with Crippen LogP contribution in [0.3, 0.4) is 0 Å². The van der Waals surface area contributed by atoms with Gasteiger partial charge in [0.25, 0.3) is 5.91 Å². The molecule has 9 heteroatoms. The molecule has 2 saturated heterocycles. The minimum Gasteiger partial charge on any atom is -0.492 e. The van der Waals surface area contributed by atoms with Crippen molar-refractivity contribution in [2.75, 3.05) is 56.2 Å². The molecule has 0 radical (unpaired) electrons. The summed E-state index contributed by atoms with van der Waals surface area (Å²) in [5.74, 6) is 0.209. The van der Waals surface area contributed by atoms with E-state index in [0.29, 0.717) is 49.9 Å². The number of hydrogen-bond acceptors (Lipinski definition) is 6. The lowest BCUT2D eigenvalue weighted by Gasteiger charge is -2.27. The summed E-state index contributed by atoms with van der Waals surface area (Å²) < 4.78 is 38.7. The second kappa shape index (κ2) is 9.89. The van der Waals surface area contributed by atoms with Crippen LogP contribution >= 0.6 is 0 Å². The van der Waals surface area contributed by atoms with Gasteiger partial charge < -0.3 is 19.7 Å². The number of carbonyl (C=O) groups excluding carboxylic acids is 1. The molecular weight excluding hydrogens is 430 g/mol. The van der Waals surface area contributed by atoms with Gasteiger partial charge in [0.05, 0.1) is 36.0 Å². The van der Waals surface area contributed by atoms with Crippen molar-refractivity contribution in [1.29, 1.82) is 0 Å². The largest absolute Gasteiger partial charge is 0.492 e. The highest BCUT2D eigenvalue weighted by Crippen LogP contribution is 2.31. The highest BCUT2D eigenvalue weighted by atomic mass is 32.2. The van der Waals surface area contributed by atoms with E-state index in [0.717, 1.165) is 31.6 Å². The van der Waals surface area contributed by atoms with Crippen molar-refractivity contribution >= 4 is 27.3 Å². The summed E-state index contributed by atoms with van der Waals surface area (Å²) in [5, 5.41) is 2.91. The normalized spacial score (nSPS) is 17.3. The van der Waals surface area contributed by atoms with E-state index in [4.69, 9.17) is 9.47 Å². The Morgan fingerprint density at radius 2 is 1.78 bits per heavy atom. The standard InChI is InChI=1S/C23H29N3O5S/c1-2-31-22-8-4-3-7-20(22)24-23(27)19-17-18(9-10-21(19)25-11-5-6-12-25)32(28,29)26-13-15-30-16-14-26/h3-4,7-10,17H,2,5-6,11-16H2,1H3,(H,24,27). The summed E-state index contributed by atoms with van der Waals surface area (Å²) in [5.41, 5.74) is 1.63. The van der Waals surface area contributed by atoms with Gasteiger partial charge in [0.1, 0.15) is 5.75 Å². The van der Waals surface area contributed by atoms with E-state index in [1.807, 2.05) is 19.1 Å². The first kappa shape index (κ1) is 22.6. The summed E-state index contributed by atoms with van der Waals surface area (Å²) in [4.78, 5) is 15.6. The second-order valence-electron chi connectivity index (χ2n) is 7.77. The number of sulfonamides is 1. The molecule has 8 nitrogen and oxygen atoms in total. The zero-order valence-electron chi connectivity index (χ0n) is 18.2. The topological polar surface area (TPSA) is 88.2 Å². The molecule has 0 bridgehead atoms. The molecule has 4 rings (SSSR count). The van der Waals surface area contributed by atoms with Crippen molar-refractivity contribution in [3.63, 3.8) is 0 Å². The SMILES string of the molecule is CCOc1ccccc1NC(=O)c1cc(S(=O)(=O)N2CCOCC2)ccc1N1CCCC1. The molecule has 2 fully saturated rings. The highest BCUT2D eigenvalue weighted by molar-refractivity contribution is 7.89. The number of para-hydroxylation sites is 2. The van der Waals surface area contributed by atoms with Gasteiger partial charge in [-0.25, -0.2) is 8.42 Å². The zero-order valence-corrected chi connectivity index (χ0v) is 19.1. The Morgan fingerprint density at radius 3 is 2.50 bits per heavy atom. The Morgan fingerprint density at radius 1 is 1.06 bits per heavy atom. The maximum Gasteiger partial charge on any atom is 0.257 e. The molecule has 0 spiro atoms. The molecule has 1 N–H and O–H groups in total. The predicted molar refractivity (Wildman–Crippen MR) is 123 cm³/mol. The van der Waals surface area contributed by atoms with Crippen molar-refractivity contribution < 1.29 is 22.7 Å². The third kappa shape index (κ3) is 4.74. The van der Waals surface area contributed by atoms with Gasteiger partial charge >= 0.3 is 0 Å². The Balaban J connectivity index is 1.69. The second-order valence-corrected chi connectivity index (χ2v) is 9.71. The average molecular weight is 460 g/mol. The third-order valence-corrected chi connectivity index (χ3v) is 7.60. The monoisotopic (exact) mass is 459 g/mol. The Hall–Kier alpha value is -2.62. The number of nitrogens with zero attached hydrogens (tertiary/aromatic N) is 2. The van der Waals surface area contributed by atoms with Crippen molar-refractivity contribution in [2.45, 2.75) is 24.7 Å². The van der Waals surface area contributed by atoms with Gasteiger partial charge in [-0.1, -0.05) is 12.1 Å². The number of benzene rings is 2. The van der Waals surface area contributed by atoms with Gasteiger partial charge in [0.15, 0.2) is 0 Å². The van der Waals surface area contributed by atoms with E-state index < -0.39 is 10.0 Å². The van der Waals surface area contributed by atoms with Crippen LogP contribution in [0.2, 0.25) is 0 Å². The Labute approximate surface area is 189 Å². The molecule has 32 heavy (non-hydrogen) atoms. The minimum absolute atomic E-state index is 0.116. The summed E-state index contributed by atoms with van der Waals surface area (Å²) >= 11 is 0. The maximum atomic E-state index is 13.4. The number of carbonyl (C=O) groups is 1. The molecule has 172 valence electrons. The van der Waals surface area contributed by atoms with Gasteiger partial charge in [-0.2, -0.15) is 4.31 Å². The summed E-state index contributed by atoms with van der Waals surface area (Å²) in [6.07, 6.45) is 2.09. The fraction of sp³-hybridized carbons (Fsp3) is 0.435. The van der Waals surface area contributed by atoms with Gasteiger partial charge in [-0.15, -0.1) is 0 Å². The molecule has 1 amide bonds. The molecule has 0 saturated carbocycles. The van der Waals surface area contributed by atoms with Crippen molar-refractivity contribution in [3.8, 4) is 5.75 Å². The van der Waals surface area contributed by atoms with Gasteiger partial charge in [0.2, 0.25) is 10.0 Å². The number of ether oxygens (including phenoxy) is 2. The number of anilines is 2. The van der Waals surface area contributed by atoms with Crippen LogP contribution in [0.15, 0.2) is 47.4 Å². The van der Waals surface area contributed by atoms with Gasteiger partial charge in [-0.3, -0.25) is 4.79 Å². The molecule has 2 aliphatic heterocycles. The van der Waals surface area contributed by atoms with E-state index in [9.17, 15) is 13.2 Å². The van der Waals surface area contributed by atoms with Crippen LogP contribution in [-0.4, -0.2) is 64.6 Å². The number of hydrogen-bond donors (Lipinski definition) is 1. The van der Waals surface area contributed by atoms with Gasteiger partial charge in [0, 0.05) is 31.9 Å². The number of nitrogens with one attached hydrogen (secondary N) is 1. The summed E-state index contributed by atoms with van der Waals surface area (Å²) in [6.45, 7) is 5.37. The smallest absolute Gasteiger partial charge is 0.257 e. The van der Waals surface area contributed by atoms with Crippen LogP contribution < -0.4 is 15.0 Å². The number of amides is 1. The average Bonchev–Trinajstić information content (AvgIpc) is 3.35. The van der Waals surface area contributed by atoms with Crippen molar-refractivity contribution in [3.05, 3.63) is 48.0 Å². The predicted octanol–water partition coefficient (Wildman–Crippen LogP) is 2.96. The van der Waals surface area contributed by atoms with E-state index >= 15 is 0 Å². The van der Waals surface area contributed by atoms with Crippen molar-refractivity contribution in [1.82, 2.24) is 4.31 Å². The summed E-state index contributed by atoms with van der Waals surface area (Å²) in [6, 6.07) is 12.1. The first-order valence-electron chi connectivity index (χ1n) is 11.0. The van der Waals surface area contributed by atoms with Crippen LogP contribution in [0.25, 0.3) is 0 Å². The van der Waals surface area contributed by atoms with Crippen LogP contribution in [-0.2, 0) is 14.8 Å². The molecule has 0 aromatic heterocycles. The molecule has 2 heterocycles. The van der Waals surface area contributed by atoms with Crippen LogP contribution in [0, 0.1) is 0 Å².